The van der Waals surface area contributed by atoms with Crippen molar-refractivity contribution in [2.45, 2.75) is 38.4 Å². The first-order chi connectivity index (χ1) is 7.26. The number of ether oxygens (including phenoxy) is 1. The van der Waals surface area contributed by atoms with Gasteiger partial charge in [0.25, 0.3) is 0 Å². The highest BCUT2D eigenvalue weighted by Gasteiger charge is 2.27. The minimum absolute atomic E-state index is 0.0516. The van der Waals surface area contributed by atoms with Crippen molar-refractivity contribution >= 4 is 11.9 Å². The number of carbonyl (C=O) groups excluding carboxylic acids is 2. The maximum absolute atomic E-state index is 11.8. The highest BCUT2D eigenvalue weighted by atomic mass is 19.4. The zero-order chi connectivity index (χ0) is 12.8. The molecule has 0 aromatic carbocycles. The number of ketones is 1. The first-order valence-electron chi connectivity index (χ1n) is 4.68. The molecule has 0 bridgehead atoms. The third-order valence-corrected chi connectivity index (χ3v) is 1.92. The molecule has 1 N–H and O–H groups in total. The van der Waals surface area contributed by atoms with Crippen molar-refractivity contribution in [3.63, 3.8) is 0 Å². The van der Waals surface area contributed by atoms with Crippen LogP contribution in [0, 0.1) is 0 Å². The molecule has 0 saturated carbocycles. The maximum atomic E-state index is 11.8. The number of methoxy groups -OCH3 is 1. The van der Waals surface area contributed by atoms with E-state index in [0.29, 0.717) is 0 Å². The molecule has 0 spiro atoms. The number of hydrogen-bond acceptors (Lipinski definition) is 3. The number of alkyl carbamates (subject to hydrolysis) is 1. The zero-order valence-electron chi connectivity index (χ0n) is 9.06. The van der Waals surface area contributed by atoms with Gasteiger partial charge in [0.1, 0.15) is 0 Å². The summed E-state index contributed by atoms with van der Waals surface area (Å²) in [6.45, 7) is 1.20. The molecule has 7 heteroatoms. The number of nitrogens with one attached hydrogen (secondary N) is 1. The number of carbonyl (C=O) groups is 2. The topological polar surface area (TPSA) is 55.4 Å². The van der Waals surface area contributed by atoms with Crippen molar-refractivity contribution in [1.29, 1.82) is 0 Å². The summed E-state index contributed by atoms with van der Waals surface area (Å²) in [6, 6.07) is -0.921. The molecule has 0 aliphatic carbocycles. The molecule has 0 aromatic rings. The highest BCUT2D eigenvalue weighted by Crippen LogP contribution is 2.22. The van der Waals surface area contributed by atoms with Crippen molar-refractivity contribution in [2.75, 3.05) is 7.11 Å². The van der Waals surface area contributed by atoms with Gasteiger partial charge in [-0.2, -0.15) is 13.2 Å². The molecule has 0 heterocycles. The van der Waals surface area contributed by atoms with Gasteiger partial charge in [-0.3, -0.25) is 4.79 Å². The van der Waals surface area contributed by atoms with Gasteiger partial charge >= 0.3 is 12.3 Å². The smallest absolute Gasteiger partial charge is 0.407 e. The molecule has 1 unspecified atom stereocenters. The van der Waals surface area contributed by atoms with E-state index < -0.39 is 30.5 Å². The number of hydrogen-bond donors (Lipinski definition) is 1. The molecule has 0 saturated heterocycles. The fraction of sp³-hybridized carbons (Fsp3) is 0.778. The zero-order valence-corrected chi connectivity index (χ0v) is 9.06. The largest absolute Gasteiger partial charge is 0.453 e. The van der Waals surface area contributed by atoms with Crippen LogP contribution < -0.4 is 5.32 Å². The Bertz CT molecular complexity index is 253. The number of halogens is 3. The molecule has 0 aromatic heterocycles. The summed E-state index contributed by atoms with van der Waals surface area (Å²) in [7, 11) is 1.11. The second-order valence-corrected chi connectivity index (χ2v) is 3.31. The Hall–Kier alpha value is -1.27. The molecule has 0 aliphatic heterocycles. The van der Waals surface area contributed by atoms with Crippen molar-refractivity contribution in [2.24, 2.45) is 0 Å². The number of rotatable bonds is 5. The lowest BCUT2D eigenvalue weighted by Gasteiger charge is -2.15. The Morgan fingerprint density at radius 3 is 2.31 bits per heavy atom. The number of amides is 1. The lowest BCUT2D eigenvalue weighted by atomic mass is 10.1. The summed E-state index contributed by atoms with van der Waals surface area (Å²) >= 11 is 0. The highest BCUT2D eigenvalue weighted by molar-refractivity contribution is 5.85. The van der Waals surface area contributed by atoms with Crippen molar-refractivity contribution < 1.29 is 27.5 Å². The normalized spacial score (nSPS) is 13.1. The Kier molecular flexibility index (Phi) is 5.84. The van der Waals surface area contributed by atoms with Crippen LogP contribution in [0.5, 0.6) is 0 Å². The first kappa shape index (κ1) is 14.7. The molecule has 0 radical (unpaired) electrons. The van der Waals surface area contributed by atoms with E-state index in [0.717, 1.165) is 7.11 Å². The monoisotopic (exact) mass is 241 g/mol. The lowest BCUT2D eigenvalue weighted by molar-refractivity contribution is -0.136. The van der Waals surface area contributed by atoms with Gasteiger partial charge in [-0.15, -0.1) is 0 Å². The van der Waals surface area contributed by atoms with E-state index in [-0.39, 0.29) is 12.8 Å². The minimum Gasteiger partial charge on any atom is -0.453 e. The summed E-state index contributed by atoms with van der Waals surface area (Å²) in [6.07, 6.45) is -6.30. The van der Waals surface area contributed by atoms with Gasteiger partial charge in [0.15, 0.2) is 5.78 Å². The van der Waals surface area contributed by atoms with E-state index in [1.165, 1.54) is 6.92 Å². The minimum atomic E-state index is -4.24. The molecular weight excluding hydrogens is 227 g/mol. The Balaban J connectivity index is 4.05. The van der Waals surface area contributed by atoms with E-state index in [9.17, 15) is 22.8 Å². The van der Waals surface area contributed by atoms with Gasteiger partial charge in [-0.1, -0.05) is 0 Å². The second kappa shape index (κ2) is 6.34. The van der Waals surface area contributed by atoms with Crippen LogP contribution in [0.1, 0.15) is 26.2 Å². The molecule has 0 fully saturated rings. The van der Waals surface area contributed by atoms with Crippen LogP contribution in [-0.2, 0) is 9.53 Å². The molecule has 0 aliphatic rings. The Morgan fingerprint density at radius 1 is 1.38 bits per heavy atom. The second-order valence-electron chi connectivity index (χ2n) is 3.31. The van der Waals surface area contributed by atoms with Crippen molar-refractivity contribution in [1.82, 2.24) is 5.32 Å². The van der Waals surface area contributed by atoms with Crippen LogP contribution in [0.15, 0.2) is 0 Å². The van der Waals surface area contributed by atoms with Gasteiger partial charge in [-0.05, 0) is 19.8 Å². The van der Waals surface area contributed by atoms with Gasteiger partial charge < -0.3 is 10.1 Å². The predicted molar refractivity (Wildman–Crippen MR) is 49.9 cm³/mol. The Labute approximate surface area is 91.1 Å². The molecular formula is C9H14F3NO3. The quantitative estimate of drug-likeness (QED) is 0.801. The summed E-state index contributed by atoms with van der Waals surface area (Å²) in [5.74, 6) is -0.396. The average Bonchev–Trinajstić information content (AvgIpc) is 2.13. The van der Waals surface area contributed by atoms with E-state index in [2.05, 4.69) is 10.1 Å². The Morgan fingerprint density at radius 2 is 1.94 bits per heavy atom. The summed E-state index contributed by atoms with van der Waals surface area (Å²) < 4.78 is 39.8. The number of Topliss-reactive ketones (excluding diaryl/α,β-unsaturated/α-hetero) is 1. The predicted octanol–water partition coefficient (Wildman–Crippen LogP) is 2.03. The molecule has 16 heavy (non-hydrogen) atoms. The van der Waals surface area contributed by atoms with Gasteiger partial charge in [-0.25, -0.2) is 4.79 Å². The maximum Gasteiger partial charge on any atom is 0.407 e. The van der Waals surface area contributed by atoms with E-state index in [1.54, 1.807) is 0 Å². The van der Waals surface area contributed by atoms with Crippen LogP contribution in [0.4, 0.5) is 18.0 Å². The van der Waals surface area contributed by atoms with E-state index >= 15 is 0 Å². The number of alkyl halides is 3. The molecule has 0 rings (SSSR count). The van der Waals surface area contributed by atoms with Crippen molar-refractivity contribution in [3.05, 3.63) is 0 Å². The van der Waals surface area contributed by atoms with Gasteiger partial charge in [0.05, 0.1) is 13.2 Å². The third kappa shape index (κ3) is 7.08. The van der Waals surface area contributed by atoms with Crippen LogP contribution in [0.2, 0.25) is 0 Å². The van der Waals surface area contributed by atoms with Crippen LogP contribution in [0.3, 0.4) is 0 Å². The lowest BCUT2D eigenvalue weighted by Crippen LogP contribution is -2.39. The fourth-order valence-electron chi connectivity index (χ4n) is 1.08. The third-order valence-electron chi connectivity index (χ3n) is 1.92. The summed E-state index contributed by atoms with van der Waals surface area (Å²) in [4.78, 5) is 21.8. The standard InChI is InChI=1S/C9H14F3NO3/c1-6(14)7(13-8(15)16-2)4-3-5-9(10,11)12/h7H,3-5H2,1-2H3,(H,13,15). The molecule has 1 atom stereocenters. The van der Waals surface area contributed by atoms with E-state index in [1.807, 2.05) is 0 Å². The van der Waals surface area contributed by atoms with Crippen LogP contribution in [-0.4, -0.2) is 31.2 Å². The van der Waals surface area contributed by atoms with Crippen LogP contribution in [0.25, 0.3) is 0 Å². The SMILES string of the molecule is COC(=O)NC(CCCC(F)(F)F)C(C)=O. The average molecular weight is 241 g/mol. The van der Waals surface area contributed by atoms with Crippen LogP contribution >= 0.6 is 0 Å². The summed E-state index contributed by atoms with van der Waals surface area (Å²) in [5, 5.41) is 2.17. The first-order valence-corrected chi connectivity index (χ1v) is 4.68. The van der Waals surface area contributed by atoms with Gasteiger partial charge in [0, 0.05) is 6.42 Å². The molecule has 1 amide bonds. The summed E-state index contributed by atoms with van der Waals surface area (Å²) in [5.41, 5.74) is 0. The molecule has 4 nitrogen and oxygen atoms in total. The fourth-order valence-corrected chi connectivity index (χ4v) is 1.08. The van der Waals surface area contributed by atoms with Gasteiger partial charge in [0.2, 0.25) is 0 Å². The van der Waals surface area contributed by atoms with E-state index in [4.69, 9.17) is 0 Å². The molecule has 94 valence electrons. The van der Waals surface area contributed by atoms with Crippen molar-refractivity contribution in [3.8, 4) is 0 Å².